The molecule has 0 spiro atoms. The zero-order valence-electron chi connectivity index (χ0n) is 14.0. The van der Waals surface area contributed by atoms with Gasteiger partial charge in [0.1, 0.15) is 11.3 Å². The Balaban J connectivity index is 1.99. The predicted molar refractivity (Wildman–Crippen MR) is 84.3 cm³/mol. The number of piperidine rings is 1. The Bertz CT molecular complexity index is 627. The van der Waals surface area contributed by atoms with E-state index in [0.29, 0.717) is 30.5 Å². The number of rotatable bonds is 3. The molecule has 1 saturated heterocycles. The van der Waals surface area contributed by atoms with E-state index < -0.39 is 11.6 Å². The average molecular weight is 321 g/mol. The van der Waals surface area contributed by atoms with Crippen molar-refractivity contribution in [3.63, 3.8) is 0 Å². The number of hydrogen-bond donors (Lipinski definition) is 0. The molecule has 2 heterocycles. The monoisotopic (exact) mass is 321 g/mol. The lowest BCUT2D eigenvalue weighted by Crippen LogP contribution is -2.44. The van der Waals surface area contributed by atoms with E-state index >= 15 is 0 Å². The molecule has 1 amide bonds. The molecule has 0 aromatic carbocycles. The Hall–Kier alpha value is -2.11. The lowest BCUT2D eigenvalue weighted by atomic mass is 9.92. The number of hydrogen-bond acceptors (Lipinski definition) is 5. The first-order valence-electron chi connectivity index (χ1n) is 7.84. The minimum Gasteiger partial charge on any atom is -0.452 e. The second kappa shape index (κ2) is 6.98. The third-order valence-corrected chi connectivity index (χ3v) is 4.09. The smallest absolute Gasteiger partial charge is 0.342 e. The van der Waals surface area contributed by atoms with Crippen molar-refractivity contribution >= 4 is 11.9 Å². The fourth-order valence-electron chi connectivity index (χ4n) is 3.22. The van der Waals surface area contributed by atoms with Gasteiger partial charge in [0.15, 0.2) is 6.61 Å². The highest BCUT2D eigenvalue weighted by Gasteiger charge is 2.26. The topological polar surface area (TPSA) is 76.8 Å². The van der Waals surface area contributed by atoms with Gasteiger partial charge in [-0.2, -0.15) is 0 Å². The number of esters is 1. The maximum absolute atomic E-state index is 12.2. The summed E-state index contributed by atoms with van der Waals surface area (Å²) in [4.78, 5) is 37.4. The molecule has 0 N–H and O–H groups in total. The van der Waals surface area contributed by atoms with Gasteiger partial charge in [0.2, 0.25) is 0 Å². The molecule has 0 saturated carbocycles. The number of nitrogens with zero attached hydrogens (tertiary/aromatic N) is 1. The highest BCUT2D eigenvalue weighted by molar-refractivity contribution is 5.93. The number of carbonyl (C=O) groups excluding carboxylic acids is 2. The van der Waals surface area contributed by atoms with Crippen LogP contribution in [0.15, 0.2) is 15.3 Å². The van der Waals surface area contributed by atoms with E-state index in [0.717, 1.165) is 6.42 Å². The van der Waals surface area contributed by atoms with Crippen LogP contribution < -0.4 is 5.63 Å². The van der Waals surface area contributed by atoms with Crippen molar-refractivity contribution in [1.29, 1.82) is 0 Å². The molecule has 1 aromatic heterocycles. The molecule has 6 nitrogen and oxygen atoms in total. The standard InChI is InChI=1S/C17H23NO5/c1-10-5-11(2)8-18(7-10)14(19)9-22-17(21)16-12(3)6-15(20)23-13(16)4/h6,10-11H,5,7-9H2,1-4H3. The summed E-state index contributed by atoms with van der Waals surface area (Å²) in [7, 11) is 0. The van der Waals surface area contributed by atoms with Gasteiger partial charge in [0.05, 0.1) is 0 Å². The summed E-state index contributed by atoms with van der Waals surface area (Å²) in [5.41, 5.74) is 0.179. The lowest BCUT2D eigenvalue weighted by molar-refractivity contribution is -0.137. The third kappa shape index (κ3) is 4.21. The van der Waals surface area contributed by atoms with Gasteiger partial charge in [-0.25, -0.2) is 9.59 Å². The number of aryl methyl sites for hydroxylation is 2. The van der Waals surface area contributed by atoms with Gasteiger partial charge in [-0.15, -0.1) is 0 Å². The van der Waals surface area contributed by atoms with E-state index in [1.165, 1.54) is 13.0 Å². The number of ether oxygens (including phenoxy) is 1. The number of likely N-dealkylation sites (tertiary alicyclic amines) is 1. The van der Waals surface area contributed by atoms with Crippen LogP contribution in [0.3, 0.4) is 0 Å². The van der Waals surface area contributed by atoms with Crippen LogP contribution in [0.25, 0.3) is 0 Å². The Morgan fingerprint density at radius 3 is 2.43 bits per heavy atom. The quantitative estimate of drug-likeness (QED) is 0.795. The molecule has 23 heavy (non-hydrogen) atoms. The highest BCUT2D eigenvalue weighted by atomic mass is 16.5. The Morgan fingerprint density at radius 2 is 1.87 bits per heavy atom. The first kappa shape index (κ1) is 17.2. The first-order valence-corrected chi connectivity index (χ1v) is 7.84. The molecule has 0 radical (unpaired) electrons. The first-order chi connectivity index (χ1) is 10.8. The molecule has 2 rings (SSSR count). The predicted octanol–water partition coefficient (Wildman–Crippen LogP) is 1.92. The maximum atomic E-state index is 12.2. The molecule has 1 fully saturated rings. The van der Waals surface area contributed by atoms with E-state index in [9.17, 15) is 14.4 Å². The van der Waals surface area contributed by atoms with Gasteiger partial charge in [-0.3, -0.25) is 4.79 Å². The largest absolute Gasteiger partial charge is 0.452 e. The van der Waals surface area contributed by atoms with Crippen LogP contribution in [0, 0.1) is 25.7 Å². The second-order valence-electron chi connectivity index (χ2n) is 6.50. The molecular weight excluding hydrogens is 298 g/mol. The van der Waals surface area contributed by atoms with Crippen molar-refractivity contribution in [2.45, 2.75) is 34.1 Å². The molecule has 2 atom stereocenters. The third-order valence-electron chi connectivity index (χ3n) is 4.09. The van der Waals surface area contributed by atoms with Crippen molar-refractivity contribution in [1.82, 2.24) is 4.90 Å². The summed E-state index contributed by atoms with van der Waals surface area (Å²) in [6.07, 6.45) is 1.10. The Morgan fingerprint density at radius 1 is 1.26 bits per heavy atom. The molecule has 2 unspecified atom stereocenters. The van der Waals surface area contributed by atoms with Crippen LogP contribution in [0.1, 0.15) is 41.9 Å². The van der Waals surface area contributed by atoms with Crippen LogP contribution in [0.2, 0.25) is 0 Å². The zero-order chi connectivity index (χ0) is 17.1. The van der Waals surface area contributed by atoms with Gasteiger partial charge in [-0.05, 0) is 37.7 Å². The van der Waals surface area contributed by atoms with E-state index in [1.807, 2.05) is 0 Å². The van der Waals surface area contributed by atoms with E-state index in [-0.39, 0.29) is 23.8 Å². The molecule has 1 aliphatic heterocycles. The Kier molecular flexibility index (Phi) is 5.23. The van der Waals surface area contributed by atoms with Gasteiger partial charge in [0.25, 0.3) is 5.91 Å². The second-order valence-corrected chi connectivity index (χ2v) is 6.50. The Labute approximate surface area is 135 Å². The SMILES string of the molecule is Cc1cc(=O)oc(C)c1C(=O)OCC(=O)N1CC(C)CC(C)C1. The van der Waals surface area contributed by atoms with Crippen LogP contribution in [0.5, 0.6) is 0 Å². The molecule has 126 valence electrons. The molecule has 1 aromatic rings. The summed E-state index contributed by atoms with van der Waals surface area (Å²) < 4.78 is 10.0. The minimum atomic E-state index is -0.643. The van der Waals surface area contributed by atoms with Gasteiger partial charge >= 0.3 is 11.6 Å². The highest BCUT2D eigenvalue weighted by Crippen LogP contribution is 2.21. The van der Waals surface area contributed by atoms with Gasteiger partial charge < -0.3 is 14.1 Å². The summed E-state index contributed by atoms with van der Waals surface area (Å²) in [6.45, 7) is 8.48. The van der Waals surface area contributed by atoms with E-state index in [4.69, 9.17) is 9.15 Å². The molecule has 0 bridgehead atoms. The van der Waals surface area contributed by atoms with Crippen molar-refractivity contribution in [3.05, 3.63) is 33.4 Å². The molecular formula is C17H23NO5. The van der Waals surface area contributed by atoms with Gasteiger partial charge in [-0.1, -0.05) is 13.8 Å². The molecule has 0 aliphatic carbocycles. The van der Waals surface area contributed by atoms with Crippen LogP contribution >= 0.6 is 0 Å². The van der Waals surface area contributed by atoms with Crippen LogP contribution in [0.4, 0.5) is 0 Å². The summed E-state index contributed by atoms with van der Waals surface area (Å²) in [6, 6.07) is 1.24. The van der Waals surface area contributed by atoms with Gasteiger partial charge in [0, 0.05) is 19.2 Å². The zero-order valence-corrected chi connectivity index (χ0v) is 14.0. The normalized spacial score (nSPS) is 21.1. The summed E-state index contributed by atoms with van der Waals surface area (Å²) in [5.74, 6) is 0.268. The van der Waals surface area contributed by atoms with Crippen molar-refractivity contribution in [2.24, 2.45) is 11.8 Å². The van der Waals surface area contributed by atoms with Crippen LogP contribution in [-0.4, -0.2) is 36.5 Å². The summed E-state index contributed by atoms with van der Waals surface area (Å²) in [5, 5.41) is 0. The van der Waals surface area contributed by atoms with Crippen molar-refractivity contribution in [3.8, 4) is 0 Å². The lowest BCUT2D eigenvalue weighted by Gasteiger charge is -2.34. The number of amides is 1. The summed E-state index contributed by atoms with van der Waals surface area (Å²) >= 11 is 0. The average Bonchev–Trinajstić information content (AvgIpc) is 2.42. The number of carbonyl (C=O) groups is 2. The van der Waals surface area contributed by atoms with E-state index in [2.05, 4.69) is 13.8 Å². The van der Waals surface area contributed by atoms with Crippen molar-refractivity contribution < 1.29 is 18.7 Å². The maximum Gasteiger partial charge on any atom is 0.342 e. The van der Waals surface area contributed by atoms with Crippen molar-refractivity contribution in [2.75, 3.05) is 19.7 Å². The van der Waals surface area contributed by atoms with Crippen LogP contribution in [-0.2, 0) is 9.53 Å². The van der Waals surface area contributed by atoms with E-state index in [1.54, 1.807) is 11.8 Å². The molecule has 1 aliphatic rings. The minimum absolute atomic E-state index is 0.190. The fraction of sp³-hybridized carbons (Fsp3) is 0.588. The molecule has 6 heteroatoms. The fourth-order valence-corrected chi connectivity index (χ4v) is 3.22.